The van der Waals surface area contributed by atoms with E-state index in [-0.39, 0.29) is 23.9 Å². The van der Waals surface area contributed by atoms with Crippen molar-refractivity contribution in [2.24, 2.45) is 0 Å². The largest absolute Gasteiger partial charge is 0.508 e. The molecule has 2 fully saturated rings. The van der Waals surface area contributed by atoms with Crippen LogP contribution in [0.25, 0.3) is 0 Å². The molecule has 1 aromatic carbocycles. The average Bonchev–Trinajstić information content (AvgIpc) is 3.13. The summed E-state index contributed by atoms with van der Waals surface area (Å²) >= 11 is 0. The molecule has 2 bridgehead atoms. The molecule has 0 aliphatic carbocycles. The zero-order chi connectivity index (χ0) is 19.5. The third-order valence-corrected chi connectivity index (χ3v) is 5.61. The molecule has 7 nitrogen and oxygen atoms in total. The maximum absolute atomic E-state index is 11.1. The smallest absolute Gasteiger partial charge is 0.176 e. The Kier molecular flexibility index (Phi) is 5.89. The quantitative estimate of drug-likeness (QED) is 0.653. The Morgan fingerprint density at radius 2 is 2.04 bits per heavy atom. The lowest BCUT2D eigenvalue weighted by Gasteiger charge is -2.42. The van der Waals surface area contributed by atoms with E-state index in [9.17, 15) is 10.2 Å². The number of fused-ring (bicyclic) bond motifs is 2. The first-order valence-electron chi connectivity index (χ1n) is 9.69. The monoisotopic (exact) mass is 385 g/mol. The van der Waals surface area contributed by atoms with Crippen LogP contribution in [0.4, 0.5) is 0 Å². The lowest BCUT2D eigenvalue weighted by atomic mass is 9.94. The minimum atomic E-state index is -0.647. The first-order chi connectivity index (χ1) is 13.6. The Labute approximate surface area is 164 Å². The van der Waals surface area contributed by atoms with Crippen molar-refractivity contribution in [3.63, 3.8) is 0 Å². The molecule has 5 atom stereocenters. The summed E-state index contributed by atoms with van der Waals surface area (Å²) in [6.45, 7) is 1.63. The number of aliphatic hydroxyl groups is 1. The van der Waals surface area contributed by atoms with Crippen molar-refractivity contribution < 1.29 is 19.7 Å². The van der Waals surface area contributed by atoms with Crippen LogP contribution in [-0.2, 0) is 22.4 Å². The van der Waals surface area contributed by atoms with Gasteiger partial charge in [-0.1, -0.05) is 24.3 Å². The van der Waals surface area contributed by atoms with Gasteiger partial charge in [0.25, 0.3) is 0 Å². The van der Waals surface area contributed by atoms with E-state index >= 15 is 0 Å². The molecule has 4 rings (SSSR count). The van der Waals surface area contributed by atoms with Crippen LogP contribution in [0, 0.1) is 0 Å². The van der Waals surface area contributed by atoms with Gasteiger partial charge in [0, 0.05) is 37.0 Å². The van der Waals surface area contributed by atoms with Crippen LogP contribution >= 0.6 is 0 Å². The van der Waals surface area contributed by atoms with Crippen LogP contribution in [-0.4, -0.2) is 70.9 Å². The van der Waals surface area contributed by atoms with Crippen LogP contribution in [0.15, 0.2) is 48.7 Å². The zero-order valence-corrected chi connectivity index (χ0v) is 15.9. The highest BCUT2D eigenvalue weighted by atomic mass is 16.7. The molecule has 0 saturated carbocycles. The minimum Gasteiger partial charge on any atom is -0.508 e. The summed E-state index contributed by atoms with van der Waals surface area (Å²) in [7, 11) is 1.97. The highest BCUT2D eigenvalue weighted by Crippen LogP contribution is 2.31. The normalized spacial score (nSPS) is 29.3. The zero-order valence-electron chi connectivity index (χ0n) is 15.9. The minimum absolute atomic E-state index is 0.203. The van der Waals surface area contributed by atoms with Gasteiger partial charge >= 0.3 is 0 Å². The third kappa shape index (κ3) is 4.04. The SMILES string of the molecule is CN(CCc1ccccn1)C1C2OCC(O2)C(NCc2ccccc2O)C1O. The van der Waals surface area contributed by atoms with E-state index in [2.05, 4.69) is 15.2 Å². The molecule has 2 aliphatic rings. The number of aromatic hydroxyl groups is 1. The molecule has 2 aliphatic heterocycles. The van der Waals surface area contributed by atoms with E-state index in [1.807, 2.05) is 37.4 Å². The summed E-state index contributed by atoms with van der Waals surface area (Å²) in [6, 6.07) is 12.5. The number of likely N-dealkylation sites (N-methyl/N-ethyl adjacent to an activating group) is 1. The fraction of sp³-hybridized carbons (Fsp3) is 0.476. The number of nitrogens with one attached hydrogen (secondary N) is 1. The van der Waals surface area contributed by atoms with Crippen LogP contribution in [0.3, 0.4) is 0 Å². The van der Waals surface area contributed by atoms with Crippen LogP contribution < -0.4 is 5.32 Å². The van der Waals surface area contributed by atoms with Gasteiger partial charge in [-0.15, -0.1) is 0 Å². The van der Waals surface area contributed by atoms with Gasteiger partial charge in [-0.05, 0) is 25.2 Å². The fourth-order valence-electron chi connectivity index (χ4n) is 4.00. The third-order valence-electron chi connectivity index (χ3n) is 5.61. The Bertz CT molecular complexity index is 775. The number of phenols is 1. The molecule has 0 spiro atoms. The maximum Gasteiger partial charge on any atom is 0.176 e. The predicted molar refractivity (Wildman–Crippen MR) is 104 cm³/mol. The molecule has 28 heavy (non-hydrogen) atoms. The van der Waals surface area contributed by atoms with Gasteiger partial charge in [-0.2, -0.15) is 0 Å². The van der Waals surface area contributed by atoms with E-state index in [1.165, 1.54) is 0 Å². The van der Waals surface area contributed by atoms with Crippen molar-refractivity contribution in [3.8, 4) is 5.75 Å². The lowest BCUT2D eigenvalue weighted by Crippen LogP contribution is -2.63. The summed E-state index contributed by atoms with van der Waals surface area (Å²) in [6.07, 6.45) is 1.29. The molecule has 2 saturated heterocycles. The van der Waals surface area contributed by atoms with Gasteiger partial charge in [-0.25, -0.2) is 0 Å². The van der Waals surface area contributed by atoms with E-state index < -0.39 is 12.4 Å². The number of hydrogen-bond donors (Lipinski definition) is 3. The highest BCUT2D eigenvalue weighted by Gasteiger charge is 2.51. The van der Waals surface area contributed by atoms with Crippen LogP contribution in [0.1, 0.15) is 11.3 Å². The summed E-state index contributed by atoms with van der Waals surface area (Å²) in [5.41, 5.74) is 1.80. The van der Waals surface area contributed by atoms with E-state index in [0.717, 1.165) is 24.2 Å². The van der Waals surface area contributed by atoms with Crippen molar-refractivity contribution in [2.45, 2.75) is 43.5 Å². The molecule has 1 aromatic heterocycles. The molecule has 7 heteroatoms. The Balaban J connectivity index is 1.41. The second-order valence-electron chi connectivity index (χ2n) is 7.44. The number of aromatic nitrogens is 1. The summed E-state index contributed by atoms with van der Waals surface area (Å²) in [4.78, 5) is 6.44. The van der Waals surface area contributed by atoms with Gasteiger partial charge in [0.05, 0.1) is 24.8 Å². The van der Waals surface area contributed by atoms with Gasteiger partial charge in [0.1, 0.15) is 11.9 Å². The number of ether oxygens (including phenoxy) is 2. The standard InChI is InChI=1S/C21H27N3O4/c1-24(11-9-15-7-4-5-10-22-15)19-20(26)18(17-13-27-21(19)28-17)23-12-14-6-2-3-8-16(14)25/h2-8,10,17-21,23,25-26H,9,11-13H2,1H3. The van der Waals surface area contributed by atoms with E-state index in [4.69, 9.17) is 9.47 Å². The van der Waals surface area contributed by atoms with E-state index in [1.54, 1.807) is 18.3 Å². The van der Waals surface area contributed by atoms with Crippen molar-refractivity contribution in [1.82, 2.24) is 15.2 Å². The maximum atomic E-state index is 11.1. The number of hydrogen-bond acceptors (Lipinski definition) is 7. The van der Waals surface area contributed by atoms with Crippen molar-refractivity contribution in [2.75, 3.05) is 20.2 Å². The highest BCUT2D eigenvalue weighted by molar-refractivity contribution is 5.31. The Morgan fingerprint density at radius 3 is 2.82 bits per heavy atom. The average molecular weight is 385 g/mol. The van der Waals surface area contributed by atoms with Gasteiger partial charge in [-0.3, -0.25) is 9.88 Å². The molecule has 0 amide bonds. The number of para-hydroxylation sites is 1. The molecule has 3 heterocycles. The van der Waals surface area contributed by atoms with Crippen LogP contribution in [0.2, 0.25) is 0 Å². The van der Waals surface area contributed by atoms with Crippen molar-refractivity contribution in [3.05, 3.63) is 59.9 Å². The molecular formula is C21H27N3O4. The Hall–Kier alpha value is -2.03. The molecule has 2 aromatic rings. The molecular weight excluding hydrogens is 358 g/mol. The van der Waals surface area contributed by atoms with Gasteiger partial charge in [0.2, 0.25) is 0 Å². The Morgan fingerprint density at radius 1 is 1.21 bits per heavy atom. The number of aliphatic hydroxyl groups excluding tert-OH is 1. The van der Waals surface area contributed by atoms with Gasteiger partial charge < -0.3 is 25.0 Å². The number of pyridine rings is 1. The molecule has 3 N–H and O–H groups in total. The van der Waals surface area contributed by atoms with Crippen molar-refractivity contribution >= 4 is 0 Å². The van der Waals surface area contributed by atoms with Gasteiger partial charge in [0.15, 0.2) is 6.29 Å². The van der Waals surface area contributed by atoms with Crippen LogP contribution in [0.5, 0.6) is 5.75 Å². The first kappa shape index (κ1) is 19.3. The molecule has 0 radical (unpaired) electrons. The fourth-order valence-corrected chi connectivity index (χ4v) is 4.00. The summed E-state index contributed by atoms with van der Waals surface area (Å²) < 4.78 is 11.8. The van der Waals surface area contributed by atoms with E-state index in [0.29, 0.717) is 13.2 Å². The number of nitrogens with zero attached hydrogens (tertiary/aromatic N) is 2. The second kappa shape index (κ2) is 8.55. The lowest BCUT2D eigenvalue weighted by molar-refractivity contribution is -0.178. The topological polar surface area (TPSA) is 87.1 Å². The summed E-state index contributed by atoms with van der Waals surface area (Å²) in [5.74, 6) is 0.241. The second-order valence-corrected chi connectivity index (χ2v) is 7.44. The number of phenolic OH excluding ortho intramolecular Hbond substituents is 1. The van der Waals surface area contributed by atoms with Crippen molar-refractivity contribution in [1.29, 1.82) is 0 Å². The number of rotatable bonds is 7. The first-order valence-corrected chi connectivity index (χ1v) is 9.69. The molecule has 5 unspecified atom stereocenters. The summed E-state index contributed by atoms with van der Waals surface area (Å²) in [5, 5.41) is 24.4. The molecule has 150 valence electrons. The predicted octanol–water partition coefficient (Wildman–Crippen LogP) is 0.904. The number of benzene rings is 1.